The molecule has 2 fully saturated rings. The molecule has 178 valence electrons. The van der Waals surface area contributed by atoms with E-state index in [0.29, 0.717) is 17.9 Å². The fraction of sp³-hybridized carbons (Fsp3) is 0.536. The molecule has 1 saturated carbocycles. The van der Waals surface area contributed by atoms with Crippen LogP contribution in [0.25, 0.3) is 0 Å². The van der Waals surface area contributed by atoms with Gasteiger partial charge < -0.3 is 20.6 Å². The molecule has 1 heterocycles. The summed E-state index contributed by atoms with van der Waals surface area (Å²) in [6.45, 7) is 10.6. The van der Waals surface area contributed by atoms with E-state index in [1.54, 1.807) is 18.2 Å². The van der Waals surface area contributed by atoms with Gasteiger partial charge in [0.25, 0.3) is 0 Å². The molecular weight excluding hydrogens is 414 g/mol. The average molecular weight is 452 g/mol. The second kappa shape index (κ2) is 9.11. The second-order valence-corrected chi connectivity index (χ2v) is 10.6. The zero-order chi connectivity index (χ0) is 23.9. The molecule has 0 aromatic heterocycles. The number of aromatic hydroxyl groups is 1. The van der Waals surface area contributed by atoms with Crippen LogP contribution in [0.4, 0.5) is 0 Å². The van der Waals surface area contributed by atoms with E-state index >= 15 is 0 Å². The molecule has 1 saturated heterocycles. The highest BCUT2D eigenvalue weighted by molar-refractivity contribution is 5.88. The third-order valence-corrected chi connectivity index (χ3v) is 8.25. The van der Waals surface area contributed by atoms with E-state index in [4.69, 9.17) is 0 Å². The van der Waals surface area contributed by atoms with Gasteiger partial charge in [0.15, 0.2) is 0 Å². The van der Waals surface area contributed by atoms with Crippen LogP contribution in [0.15, 0.2) is 60.7 Å². The highest BCUT2D eigenvalue weighted by Crippen LogP contribution is 2.57. The molecule has 0 unspecified atom stereocenters. The lowest BCUT2D eigenvalue weighted by Crippen LogP contribution is -2.59. The molecular formula is C28H37NO4. The number of hydrogen-bond acceptors (Lipinski definition) is 4. The van der Waals surface area contributed by atoms with E-state index in [1.807, 2.05) is 31.2 Å². The van der Waals surface area contributed by atoms with Crippen molar-refractivity contribution in [2.24, 2.45) is 35.0 Å². The fourth-order valence-corrected chi connectivity index (χ4v) is 6.57. The normalized spacial score (nSPS) is 43.1. The van der Waals surface area contributed by atoms with Crippen LogP contribution >= 0.6 is 0 Å². The number of aliphatic hydroxyl groups is 2. The minimum Gasteiger partial charge on any atom is -0.508 e. The zero-order valence-corrected chi connectivity index (χ0v) is 19.8. The van der Waals surface area contributed by atoms with Crippen molar-refractivity contribution in [1.82, 2.24) is 5.32 Å². The summed E-state index contributed by atoms with van der Waals surface area (Å²) in [5.41, 5.74) is 0.530. The first-order chi connectivity index (χ1) is 15.7. The SMILES string of the molecule is C=C1[C@@H](C)[C@H]2[C@H](Cc3ccc(O)cc3)NC(=O)[C@]23[C@H](O)/C=C/[C@@H](C)C[C@@H](C)C/C=C/[C@H]3[C@@H]1O. The van der Waals surface area contributed by atoms with Crippen LogP contribution in [0.2, 0.25) is 0 Å². The number of phenols is 1. The number of phenolic OH excluding ortho intramolecular Hbond substituents is 1. The number of amides is 1. The Hall–Kier alpha value is -2.37. The van der Waals surface area contributed by atoms with Gasteiger partial charge in [-0.3, -0.25) is 4.79 Å². The number of aliphatic hydroxyl groups excluding tert-OH is 2. The second-order valence-electron chi connectivity index (χ2n) is 10.6. The Bertz CT molecular complexity index is 951. The van der Waals surface area contributed by atoms with Crippen LogP contribution in [0, 0.1) is 35.0 Å². The summed E-state index contributed by atoms with van der Waals surface area (Å²) < 4.78 is 0. The molecule has 1 aliphatic heterocycles. The number of nitrogens with one attached hydrogen (secondary N) is 1. The lowest BCUT2D eigenvalue weighted by atomic mass is 9.51. The van der Waals surface area contributed by atoms with Gasteiger partial charge in [0.2, 0.25) is 5.91 Å². The topological polar surface area (TPSA) is 89.8 Å². The molecule has 0 bridgehead atoms. The minimum atomic E-state index is -1.18. The Morgan fingerprint density at radius 2 is 1.79 bits per heavy atom. The Labute approximate surface area is 196 Å². The van der Waals surface area contributed by atoms with Crippen molar-refractivity contribution in [3.63, 3.8) is 0 Å². The van der Waals surface area contributed by atoms with Crippen LogP contribution < -0.4 is 5.32 Å². The molecule has 2 aliphatic carbocycles. The van der Waals surface area contributed by atoms with Gasteiger partial charge in [0.05, 0.1) is 17.6 Å². The molecule has 1 spiro atoms. The van der Waals surface area contributed by atoms with E-state index in [1.165, 1.54) is 0 Å². The highest BCUT2D eigenvalue weighted by atomic mass is 16.3. The van der Waals surface area contributed by atoms with Gasteiger partial charge in [-0.25, -0.2) is 0 Å². The van der Waals surface area contributed by atoms with Crippen LogP contribution in [0.3, 0.4) is 0 Å². The summed E-state index contributed by atoms with van der Waals surface area (Å²) in [7, 11) is 0. The Kier molecular flexibility index (Phi) is 6.56. The predicted molar refractivity (Wildman–Crippen MR) is 129 cm³/mol. The first-order valence-corrected chi connectivity index (χ1v) is 12.1. The fourth-order valence-electron chi connectivity index (χ4n) is 6.57. The maximum absolute atomic E-state index is 13.8. The van der Waals surface area contributed by atoms with Crippen LogP contribution in [-0.4, -0.2) is 39.5 Å². The van der Waals surface area contributed by atoms with Crippen molar-refractivity contribution in [1.29, 1.82) is 0 Å². The van der Waals surface area contributed by atoms with Gasteiger partial charge in [-0.15, -0.1) is 0 Å². The van der Waals surface area contributed by atoms with Crippen LogP contribution in [0.5, 0.6) is 5.75 Å². The van der Waals surface area contributed by atoms with Gasteiger partial charge in [-0.05, 0) is 60.3 Å². The molecule has 1 aromatic rings. The number of carbonyl (C=O) groups excluding carboxylic acids is 1. The smallest absolute Gasteiger partial charge is 0.230 e. The van der Waals surface area contributed by atoms with Crippen molar-refractivity contribution in [3.05, 3.63) is 66.3 Å². The molecule has 9 atom stereocenters. The summed E-state index contributed by atoms with van der Waals surface area (Å²) in [6.07, 6.45) is 8.35. The lowest BCUT2D eigenvalue weighted by Gasteiger charge is -2.51. The minimum absolute atomic E-state index is 0.157. The molecule has 4 N–H and O–H groups in total. The number of allylic oxidation sites excluding steroid dienone is 2. The summed E-state index contributed by atoms with van der Waals surface area (Å²) in [4.78, 5) is 13.8. The van der Waals surface area contributed by atoms with Gasteiger partial charge in [0, 0.05) is 17.9 Å². The first kappa shape index (κ1) is 23.8. The number of rotatable bonds is 2. The van der Waals surface area contributed by atoms with Crippen molar-refractivity contribution in [2.45, 2.75) is 58.3 Å². The van der Waals surface area contributed by atoms with Crippen molar-refractivity contribution in [2.75, 3.05) is 0 Å². The first-order valence-electron chi connectivity index (χ1n) is 12.1. The molecule has 1 amide bonds. The maximum atomic E-state index is 13.8. The van der Waals surface area contributed by atoms with E-state index in [2.05, 4.69) is 31.8 Å². The Balaban J connectivity index is 1.82. The van der Waals surface area contributed by atoms with E-state index in [-0.39, 0.29) is 35.5 Å². The third kappa shape index (κ3) is 4.06. The van der Waals surface area contributed by atoms with E-state index in [9.17, 15) is 20.1 Å². The largest absolute Gasteiger partial charge is 0.508 e. The number of hydrogen-bond donors (Lipinski definition) is 4. The van der Waals surface area contributed by atoms with Crippen LogP contribution in [-0.2, 0) is 11.2 Å². The molecule has 5 heteroatoms. The van der Waals surface area contributed by atoms with Crippen LogP contribution in [0.1, 0.15) is 39.2 Å². The van der Waals surface area contributed by atoms with E-state index in [0.717, 1.165) is 18.4 Å². The summed E-state index contributed by atoms with van der Waals surface area (Å²) in [5.74, 6) is -0.214. The molecule has 5 nitrogen and oxygen atoms in total. The average Bonchev–Trinajstić information content (AvgIpc) is 3.05. The number of carbonyl (C=O) groups is 1. The van der Waals surface area contributed by atoms with Gasteiger partial charge in [0.1, 0.15) is 5.75 Å². The predicted octanol–water partition coefficient (Wildman–Crippen LogP) is 3.76. The van der Waals surface area contributed by atoms with Crippen molar-refractivity contribution in [3.8, 4) is 5.75 Å². The molecule has 4 rings (SSSR count). The monoisotopic (exact) mass is 451 g/mol. The summed E-state index contributed by atoms with van der Waals surface area (Å²) in [6, 6.07) is 6.79. The molecule has 3 aliphatic rings. The maximum Gasteiger partial charge on any atom is 0.230 e. The third-order valence-electron chi connectivity index (χ3n) is 8.25. The lowest BCUT2D eigenvalue weighted by molar-refractivity contribution is -0.147. The quantitative estimate of drug-likeness (QED) is 0.516. The number of benzene rings is 1. The standard InChI is InChI=1S/C28H37NO4/c1-16-6-5-7-22-26(32)19(4)18(3)25-23(15-20-9-11-21(30)12-10-20)29-27(33)28(22,25)24(31)13-8-17(2)14-16/h5,7-13,16-18,22-26,30-32H,4,6,14-15H2,1-3H3,(H,29,33)/b7-5+,13-8+/t16-,17+,18+,22-,23-,24+,25-,26+,28+/m0/s1. The van der Waals surface area contributed by atoms with Gasteiger partial charge >= 0.3 is 0 Å². The van der Waals surface area contributed by atoms with Gasteiger partial charge in [-0.1, -0.05) is 63.8 Å². The molecule has 0 radical (unpaired) electrons. The summed E-state index contributed by atoms with van der Waals surface area (Å²) in [5, 5.41) is 35.8. The van der Waals surface area contributed by atoms with Crippen molar-refractivity contribution >= 4 is 5.91 Å². The Morgan fingerprint density at radius 1 is 1.09 bits per heavy atom. The Morgan fingerprint density at radius 3 is 2.48 bits per heavy atom. The zero-order valence-electron chi connectivity index (χ0n) is 19.8. The highest BCUT2D eigenvalue weighted by Gasteiger charge is 2.67. The van der Waals surface area contributed by atoms with Crippen molar-refractivity contribution < 1.29 is 20.1 Å². The molecule has 1 aromatic carbocycles. The van der Waals surface area contributed by atoms with Gasteiger partial charge in [-0.2, -0.15) is 0 Å². The summed E-state index contributed by atoms with van der Waals surface area (Å²) >= 11 is 0. The molecule has 33 heavy (non-hydrogen) atoms. The van der Waals surface area contributed by atoms with E-state index < -0.39 is 23.5 Å².